The number of hydrogen-bond donors (Lipinski definition) is 0. The van der Waals surface area contributed by atoms with E-state index >= 15 is 0 Å². The molecule has 0 radical (unpaired) electrons. The number of piperidine rings is 1. The lowest BCUT2D eigenvalue weighted by Gasteiger charge is -2.39. The number of halogens is 1. The van der Waals surface area contributed by atoms with Crippen LogP contribution in [0.3, 0.4) is 0 Å². The molecule has 1 saturated heterocycles. The van der Waals surface area contributed by atoms with Gasteiger partial charge >= 0.3 is 6.09 Å². The lowest BCUT2D eigenvalue weighted by atomic mass is 9.87. The number of carbonyl (C=O) groups excluding carboxylic acids is 1. The lowest BCUT2D eigenvalue weighted by molar-refractivity contribution is -0.174. The normalized spacial score (nSPS) is 21.6. The number of nitrogens with zero attached hydrogens (tertiary/aromatic N) is 2. The standard InChI is InChI=1S/C18H25ClN2O6S/c1-11-13(19)10-12-14(20-11)18(25-15(12)27-28(5,23)24)6-8-21(9-7-18)16(22)26-17(2,3)4/h10,15H,6-9H2,1-5H3. The molecule has 1 fully saturated rings. The Morgan fingerprint density at radius 2 is 1.96 bits per heavy atom. The number of hydrogen-bond acceptors (Lipinski definition) is 7. The minimum atomic E-state index is -3.75. The molecular weight excluding hydrogens is 408 g/mol. The quantitative estimate of drug-likeness (QED) is 0.661. The van der Waals surface area contributed by atoms with Crippen LogP contribution in [-0.2, 0) is 29.4 Å². The molecule has 0 aliphatic carbocycles. The number of likely N-dealkylation sites (tertiary alicyclic amines) is 1. The van der Waals surface area contributed by atoms with Gasteiger partial charge in [0.15, 0.2) is 0 Å². The number of carbonyl (C=O) groups is 1. The van der Waals surface area contributed by atoms with Crippen LogP contribution in [0.1, 0.15) is 56.9 Å². The molecule has 1 amide bonds. The van der Waals surface area contributed by atoms with E-state index < -0.39 is 27.6 Å². The van der Waals surface area contributed by atoms with E-state index in [4.69, 9.17) is 25.3 Å². The van der Waals surface area contributed by atoms with Crippen LogP contribution in [-0.4, -0.2) is 49.3 Å². The second-order valence-corrected chi connectivity index (χ2v) is 10.2. The van der Waals surface area contributed by atoms with Crippen LogP contribution in [0.15, 0.2) is 6.07 Å². The van der Waals surface area contributed by atoms with Crippen molar-refractivity contribution in [3.63, 3.8) is 0 Å². The van der Waals surface area contributed by atoms with E-state index in [0.29, 0.717) is 47.9 Å². The van der Waals surface area contributed by atoms with Crippen LogP contribution < -0.4 is 0 Å². The molecular formula is C18H25ClN2O6S. The number of amides is 1. The summed E-state index contributed by atoms with van der Waals surface area (Å²) in [6.45, 7) is 8.01. The molecule has 0 aromatic carbocycles. The van der Waals surface area contributed by atoms with E-state index in [0.717, 1.165) is 6.26 Å². The van der Waals surface area contributed by atoms with Crippen LogP contribution in [0.5, 0.6) is 0 Å². The number of aryl methyl sites for hydroxylation is 1. The Morgan fingerprint density at radius 3 is 2.50 bits per heavy atom. The molecule has 0 bridgehead atoms. The molecule has 1 aromatic heterocycles. The molecule has 1 aromatic rings. The van der Waals surface area contributed by atoms with Gasteiger partial charge in [-0.05, 0) is 33.8 Å². The van der Waals surface area contributed by atoms with E-state index in [1.165, 1.54) is 0 Å². The van der Waals surface area contributed by atoms with E-state index in [1.807, 2.05) is 20.8 Å². The molecule has 1 unspecified atom stereocenters. The van der Waals surface area contributed by atoms with Gasteiger partial charge in [0.2, 0.25) is 6.29 Å². The first-order chi connectivity index (χ1) is 12.8. The summed E-state index contributed by atoms with van der Waals surface area (Å²) in [7, 11) is -3.75. The van der Waals surface area contributed by atoms with Crippen molar-refractivity contribution in [2.75, 3.05) is 19.3 Å². The van der Waals surface area contributed by atoms with Crippen molar-refractivity contribution >= 4 is 27.8 Å². The van der Waals surface area contributed by atoms with Gasteiger partial charge in [0.1, 0.15) is 11.2 Å². The van der Waals surface area contributed by atoms with Gasteiger partial charge in [-0.1, -0.05) is 11.6 Å². The van der Waals surface area contributed by atoms with Gasteiger partial charge in [-0.25, -0.2) is 8.98 Å². The van der Waals surface area contributed by atoms with E-state index in [2.05, 4.69) is 4.98 Å². The summed E-state index contributed by atoms with van der Waals surface area (Å²) in [5.74, 6) is 0. The molecule has 0 N–H and O–H groups in total. The molecule has 3 heterocycles. The van der Waals surface area contributed by atoms with E-state index in [9.17, 15) is 13.2 Å². The molecule has 3 rings (SSSR count). The predicted molar refractivity (Wildman–Crippen MR) is 102 cm³/mol. The molecule has 0 saturated carbocycles. The molecule has 1 atom stereocenters. The molecule has 10 heteroatoms. The largest absolute Gasteiger partial charge is 0.444 e. The van der Waals surface area contributed by atoms with Crippen LogP contribution in [0.25, 0.3) is 0 Å². The number of rotatable bonds is 2. The number of fused-ring (bicyclic) bond motifs is 2. The summed E-state index contributed by atoms with van der Waals surface area (Å²) >= 11 is 6.19. The highest BCUT2D eigenvalue weighted by atomic mass is 35.5. The summed E-state index contributed by atoms with van der Waals surface area (Å²) in [6.07, 6.45) is 0.358. The monoisotopic (exact) mass is 432 g/mol. The van der Waals surface area contributed by atoms with Crippen molar-refractivity contribution in [2.24, 2.45) is 0 Å². The Kier molecular flexibility index (Phi) is 5.42. The fourth-order valence-corrected chi connectivity index (χ4v) is 4.05. The molecule has 28 heavy (non-hydrogen) atoms. The highest BCUT2D eigenvalue weighted by molar-refractivity contribution is 7.86. The third kappa shape index (κ3) is 4.42. The summed E-state index contributed by atoms with van der Waals surface area (Å²) < 4.78 is 40.0. The Balaban J connectivity index is 1.86. The predicted octanol–water partition coefficient (Wildman–Crippen LogP) is 3.27. The Hall–Kier alpha value is -1.42. The Labute approximate surface area is 170 Å². The summed E-state index contributed by atoms with van der Waals surface area (Å²) in [4.78, 5) is 18.5. The maximum atomic E-state index is 12.3. The van der Waals surface area contributed by atoms with Gasteiger partial charge in [-0.3, -0.25) is 4.98 Å². The fourth-order valence-electron chi connectivity index (χ4n) is 3.43. The smallest absolute Gasteiger partial charge is 0.410 e. The van der Waals surface area contributed by atoms with Crippen molar-refractivity contribution in [1.82, 2.24) is 9.88 Å². The number of pyridine rings is 1. The van der Waals surface area contributed by atoms with Crippen LogP contribution >= 0.6 is 11.6 Å². The zero-order valence-corrected chi connectivity index (χ0v) is 18.2. The number of aromatic nitrogens is 1. The van der Waals surface area contributed by atoms with Crippen LogP contribution in [0.2, 0.25) is 5.02 Å². The maximum absolute atomic E-state index is 12.3. The van der Waals surface area contributed by atoms with Gasteiger partial charge in [0, 0.05) is 31.5 Å². The second-order valence-electron chi connectivity index (χ2n) is 8.21. The SMILES string of the molecule is Cc1nc2c(cc1Cl)C(OS(C)(=O)=O)OC21CCN(C(=O)OC(C)(C)C)CC1. The van der Waals surface area contributed by atoms with Gasteiger partial charge in [-0.2, -0.15) is 8.42 Å². The van der Waals surface area contributed by atoms with E-state index in [1.54, 1.807) is 17.9 Å². The van der Waals surface area contributed by atoms with Crippen molar-refractivity contribution in [2.45, 2.75) is 58.0 Å². The molecule has 156 valence electrons. The molecule has 2 aliphatic heterocycles. The van der Waals surface area contributed by atoms with Crippen molar-refractivity contribution in [3.05, 3.63) is 28.0 Å². The summed E-state index contributed by atoms with van der Waals surface area (Å²) in [5, 5.41) is 0.410. The summed E-state index contributed by atoms with van der Waals surface area (Å²) in [5.41, 5.74) is 0.335. The van der Waals surface area contributed by atoms with Gasteiger partial charge in [-0.15, -0.1) is 0 Å². The first-order valence-corrected chi connectivity index (χ1v) is 11.2. The highest BCUT2D eigenvalue weighted by Gasteiger charge is 2.50. The van der Waals surface area contributed by atoms with Gasteiger partial charge in [0.05, 0.1) is 22.7 Å². The van der Waals surface area contributed by atoms with Crippen LogP contribution in [0.4, 0.5) is 4.79 Å². The average molecular weight is 433 g/mol. The van der Waals surface area contributed by atoms with Crippen molar-refractivity contribution < 1.29 is 26.9 Å². The third-order valence-electron chi connectivity index (χ3n) is 4.68. The van der Waals surface area contributed by atoms with Crippen molar-refractivity contribution in [1.29, 1.82) is 0 Å². The zero-order valence-electron chi connectivity index (χ0n) is 16.6. The topological polar surface area (TPSA) is 95.0 Å². The van der Waals surface area contributed by atoms with Crippen molar-refractivity contribution in [3.8, 4) is 0 Å². The minimum absolute atomic E-state index is 0.384. The zero-order chi connectivity index (χ0) is 20.9. The molecule has 8 nitrogen and oxygen atoms in total. The fraction of sp³-hybridized carbons (Fsp3) is 0.667. The first-order valence-electron chi connectivity index (χ1n) is 9.01. The average Bonchev–Trinajstić information content (AvgIpc) is 2.78. The minimum Gasteiger partial charge on any atom is -0.444 e. The first kappa shape index (κ1) is 21.3. The summed E-state index contributed by atoms with van der Waals surface area (Å²) in [6, 6.07) is 1.64. The number of ether oxygens (including phenoxy) is 2. The molecule has 1 spiro atoms. The highest BCUT2D eigenvalue weighted by Crippen LogP contribution is 2.50. The van der Waals surface area contributed by atoms with Gasteiger partial charge in [0.25, 0.3) is 10.1 Å². The molecule has 2 aliphatic rings. The second kappa shape index (κ2) is 7.12. The Bertz CT molecular complexity index is 888. The third-order valence-corrected chi connectivity index (χ3v) is 5.59. The maximum Gasteiger partial charge on any atom is 0.410 e. The Morgan fingerprint density at radius 1 is 1.36 bits per heavy atom. The lowest BCUT2D eigenvalue weighted by Crippen LogP contribution is -2.47. The van der Waals surface area contributed by atoms with Gasteiger partial charge < -0.3 is 14.4 Å². The van der Waals surface area contributed by atoms with Crippen LogP contribution in [0, 0.1) is 6.92 Å². The van der Waals surface area contributed by atoms with E-state index in [-0.39, 0.29) is 6.09 Å².